The van der Waals surface area contributed by atoms with Crippen molar-refractivity contribution < 1.29 is 4.79 Å². The fourth-order valence-corrected chi connectivity index (χ4v) is 2.82. The summed E-state index contributed by atoms with van der Waals surface area (Å²) in [7, 11) is 6.26. The molecule has 0 radical (unpaired) electrons. The fraction of sp³-hybridized carbons (Fsp3) is 0.929. The summed E-state index contributed by atoms with van der Waals surface area (Å²) in [5, 5.41) is 0. The van der Waals surface area contributed by atoms with Gasteiger partial charge in [-0.1, -0.05) is 0 Å². The molecule has 0 aromatic rings. The average Bonchev–Trinajstić information content (AvgIpc) is 3.12. The van der Waals surface area contributed by atoms with E-state index in [2.05, 4.69) is 23.9 Å². The molecule has 0 bridgehead atoms. The van der Waals surface area contributed by atoms with Crippen LogP contribution in [0.25, 0.3) is 0 Å². The molecule has 1 amide bonds. The Morgan fingerprint density at radius 1 is 1.26 bits per heavy atom. The highest BCUT2D eigenvalue weighted by Crippen LogP contribution is 2.29. The number of hydrogen-bond acceptors (Lipinski definition) is 4. The van der Waals surface area contributed by atoms with Crippen molar-refractivity contribution in [1.29, 1.82) is 0 Å². The first kappa shape index (κ1) is 14.8. The number of nitrogens with two attached hydrogens (primary N) is 1. The molecule has 5 heteroatoms. The van der Waals surface area contributed by atoms with Gasteiger partial charge in [-0.05, 0) is 46.4 Å². The molecule has 1 saturated heterocycles. The molecule has 2 atom stereocenters. The summed E-state index contributed by atoms with van der Waals surface area (Å²) >= 11 is 0. The Hall–Kier alpha value is -0.650. The maximum absolute atomic E-state index is 12.0. The number of carbonyl (C=O) groups excluding carboxylic acids is 1. The minimum absolute atomic E-state index is 0.0960. The van der Waals surface area contributed by atoms with Crippen molar-refractivity contribution in [3.63, 3.8) is 0 Å². The zero-order chi connectivity index (χ0) is 14.0. The number of hydrogen-bond donors (Lipinski definition) is 1. The number of piperidine rings is 1. The van der Waals surface area contributed by atoms with E-state index in [9.17, 15) is 4.79 Å². The maximum atomic E-state index is 12.0. The molecule has 2 unspecified atom stereocenters. The van der Waals surface area contributed by atoms with E-state index in [1.54, 1.807) is 0 Å². The Balaban J connectivity index is 1.68. The van der Waals surface area contributed by atoms with Gasteiger partial charge in [0.15, 0.2) is 0 Å². The first-order chi connectivity index (χ1) is 8.99. The summed E-state index contributed by atoms with van der Waals surface area (Å²) in [6.07, 6.45) is 3.34. The van der Waals surface area contributed by atoms with Gasteiger partial charge in [-0.2, -0.15) is 0 Å². The second-order valence-corrected chi connectivity index (χ2v) is 6.28. The van der Waals surface area contributed by atoms with E-state index in [4.69, 9.17) is 5.73 Å². The Bertz CT molecular complexity index is 315. The molecule has 110 valence electrons. The van der Waals surface area contributed by atoms with Crippen LogP contribution in [0.1, 0.15) is 19.3 Å². The van der Waals surface area contributed by atoms with Gasteiger partial charge in [-0.15, -0.1) is 0 Å². The average molecular weight is 268 g/mol. The predicted octanol–water partition coefficient (Wildman–Crippen LogP) is -0.182. The summed E-state index contributed by atoms with van der Waals surface area (Å²) in [5.41, 5.74) is 5.73. The van der Waals surface area contributed by atoms with Crippen LogP contribution in [0.2, 0.25) is 0 Å². The molecule has 2 rings (SSSR count). The van der Waals surface area contributed by atoms with Gasteiger partial charge in [-0.25, -0.2) is 0 Å². The van der Waals surface area contributed by atoms with E-state index < -0.39 is 0 Å². The van der Waals surface area contributed by atoms with Gasteiger partial charge in [0, 0.05) is 32.2 Å². The molecule has 0 spiro atoms. The first-order valence-corrected chi connectivity index (χ1v) is 7.38. The standard InChI is InChI=1S/C14H28N4O/c1-16-6-4-11(5-7-16)17(2)8-9-18(3)14(19)12-10-13(12)15/h11-13H,4-10,15H2,1-3H3. The van der Waals surface area contributed by atoms with E-state index in [1.165, 1.54) is 25.9 Å². The van der Waals surface area contributed by atoms with Crippen LogP contribution < -0.4 is 5.73 Å². The van der Waals surface area contributed by atoms with E-state index in [-0.39, 0.29) is 17.9 Å². The number of nitrogens with zero attached hydrogens (tertiary/aromatic N) is 3. The van der Waals surface area contributed by atoms with Crippen LogP contribution in [0.15, 0.2) is 0 Å². The van der Waals surface area contributed by atoms with Crippen LogP contribution in [0.5, 0.6) is 0 Å². The van der Waals surface area contributed by atoms with Crippen LogP contribution >= 0.6 is 0 Å². The summed E-state index contributed by atoms with van der Waals surface area (Å²) in [4.78, 5) is 18.6. The number of amides is 1. The highest BCUT2D eigenvalue weighted by Gasteiger charge is 2.41. The Labute approximate surface area is 116 Å². The molecule has 0 aromatic heterocycles. The van der Waals surface area contributed by atoms with Crippen molar-refractivity contribution in [2.45, 2.75) is 31.3 Å². The predicted molar refractivity (Wildman–Crippen MR) is 76.9 cm³/mol. The lowest BCUT2D eigenvalue weighted by Crippen LogP contribution is -2.45. The van der Waals surface area contributed by atoms with Gasteiger partial charge < -0.3 is 20.4 Å². The molecule has 0 aromatic carbocycles. The van der Waals surface area contributed by atoms with Crippen LogP contribution in [-0.4, -0.2) is 80.0 Å². The summed E-state index contributed by atoms with van der Waals surface area (Å²) < 4.78 is 0. The number of carbonyl (C=O) groups is 1. The molecular formula is C14H28N4O. The molecule has 19 heavy (non-hydrogen) atoms. The van der Waals surface area contributed by atoms with E-state index in [0.29, 0.717) is 6.04 Å². The second kappa shape index (κ2) is 6.20. The Morgan fingerprint density at radius 2 is 1.84 bits per heavy atom. The quantitative estimate of drug-likeness (QED) is 0.751. The molecule has 2 aliphatic rings. The van der Waals surface area contributed by atoms with E-state index in [0.717, 1.165) is 19.5 Å². The lowest BCUT2D eigenvalue weighted by molar-refractivity contribution is -0.131. The third-order valence-electron chi connectivity index (χ3n) is 4.63. The Morgan fingerprint density at radius 3 is 2.37 bits per heavy atom. The lowest BCUT2D eigenvalue weighted by Gasteiger charge is -2.35. The van der Waals surface area contributed by atoms with Crippen LogP contribution in [0.4, 0.5) is 0 Å². The largest absolute Gasteiger partial charge is 0.344 e. The first-order valence-electron chi connectivity index (χ1n) is 7.38. The molecular weight excluding hydrogens is 240 g/mol. The third kappa shape index (κ3) is 3.91. The minimum Gasteiger partial charge on any atom is -0.344 e. The highest BCUT2D eigenvalue weighted by molar-refractivity contribution is 5.82. The Kier molecular flexibility index (Phi) is 4.81. The molecule has 1 saturated carbocycles. The number of likely N-dealkylation sites (N-methyl/N-ethyl adjacent to an activating group) is 2. The van der Waals surface area contributed by atoms with Gasteiger partial charge in [0.2, 0.25) is 5.91 Å². The van der Waals surface area contributed by atoms with Crippen LogP contribution in [0, 0.1) is 5.92 Å². The molecule has 1 aliphatic carbocycles. The van der Waals surface area contributed by atoms with Gasteiger partial charge in [0.05, 0.1) is 5.92 Å². The molecule has 2 fully saturated rings. The van der Waals surface area contributed by atoms with Crippen molar-refractivity contribution in [3.05, 3.63) is 0 Å². The highest BCUT2D eigenvalue weighted by atomic mass is 16.2. The van der Waals surface area contributed by atoms with E-state index >= 15 is 0 Å². The van der Waals surface area contributed by atoms with Crippen molar-refractivity contribution >= 4 is 5.91 Å². The molecule has 5 nitrogen and oxygen atoms in total. The topological polar surface area (TPSA) is 52.8 Å². The van der Waals surface area contributed by atoms with E-state index in [1.807, 2.05) is 11.9 Å². The van der Waals surface area contributed by atoms with Crippen LogP contribution in [-0.2, 0) is 4.79 Å². The summed E-state index contributed by atoms with van der Waals surface area (Å²) in [6, 6.07) is 0.782. The van der Waals surface area contributed by atoms with Crippen molar-refractivity contribution in [2.24, 2.45) is 11.7 Å². The number of likely N-dealkylation sites (tertiary alicyclic amines) is 1. The van der Waals surface area contributed by atoms with Gasteiger partial charge in [0.25, 0.3) is 0 Å². The third-order valence-corrected chi connectivity index (χ3v) is 4.63. The van der Waals surface area contributed by atoms with Gasteiger partial charge in [0.1, 0.15) is 0 Å². The van der Waals surface area contributed by atoms with Crippen molar-refractivity contribution in [1.82, 2.24) is 14.7 Å². The van der Waals surface area contributed by atoms with Crippen molar-refractivity contribution in [2.75, 3.05) is 47.3 Å². The lowest BCUT2D eigenvalue weighted by atomic mass is 10.0. The summed E-state index contributed by atoms with van der Waals surface area (Å²) in [5.74, 6) is 0.322. The van der Waals surface area contributed by atoms with Crippen LogP contribution in [0.3, 0.4) is 0 Å². The normalized spacial score (nSPS) is 28.7. The molecule has 1 heterocycles. The fourth-order valence-electron chi connectivity index (χ4n) is 2.82. The monoisotopic (exact) mass is 268 g/mol. The summed E-state index contributed by atoms with van der Waals surface area (Å²) in [6.45, 7) is 4.13. The smallest absolute Gasteiger partial charge is 0.227 e. The van der Waals surface area contributed by atoms with Crippen molar-refractivity contribution in [3.8, 4) is 0 Å². The maximum Gasteiger partial charge on any atom is 0.227 e. The number of rotatable bonds is 5. The zero-order valence-corrected chi connectivity index (χ0v) is 12.5. The SMILES string of the molecule is CN1CCC(N(C)CCN(C)C(=O)C2CC2N)CC1. The second-order valence-electron chi connectivity index (χ2n) is 6.28. The molecule has 2 N–H and O–H groups in total. The van der Waals surface area contributed by atoms with Gasteiger partial charge >= 0.3 is 0 Å². The molecule has 1 aliphatic heterocycles. The van der Waals surface area contributed by atoms with Gasteiger partial charge in [-0.3, -0.25) is 4.79 Å². The zero-order valence-electron chi connectivity index (χ0n) is 12.5. The minimum atomic E-state index is 0.0960.